The first-order valence-corrected chi connectivity index (χ1v) is 6.78. The predicted octanol–water partition coefficient (Wildman–Crippen LogP) is 1.93. The second kappa shape index (κ2) is 7.19. The lowest BCUT2D eigenvalue weighted by molar-refractivity contribution is -0.129. The molecule has 0 saturated carbocycles. The summed E-state index contributed by atoms with van der Waals surface area (Å²) in [6.45, 7) is 6.76. The average Bonchev–Trinajstić information content (AvgIpc) is 2.78. The van der Waals surface area contributed by atoms with Crippen LogP contribution in [0, 0.1) is 6.92 Å². The lowest BCUT2D eigenvalue weighted by atomic mass is 10.3. The van der Waals surface area contributed by atoms with E-state index in [1.54, 1.807) is 17.9 Å². The SMILES string of the molecule is CCN(CC)C(=O)CNC(=O)c1cc(CCl)c(C)o1. The molecule has 19 heavy (non-hydrogen) atoms. The molecule has 1 aromatic rings. The summed E-state index contributed by atoms with van der Waals surface area (Å²) in [5.74, 6) is 0.580. The van der Waals surface area contributed by atoms with Gasteiger partial charge < -0.3 is 14.6 Å². The Kier molecular flexibility index (Phi) is 5.89. The molecule has 1 rings (SSSR count). The first kappa shape index (κ1) is 15.6. The van der Waals surface area contributed by atoms with Gasteiger partial charge in [-0.3, -0.25) is 9.59 Å². The summed E-state index contributed by atoms with van der Waals surface area (Å²) < 4.78 is 5.29. The van der Waals surface area contributed by atoms with Crippen molar-refractivity contribution < 1.29 is 14.0 Å². The molecule has 0 bridgehead atoms. The van der Waals surface area contributed by atoms with Gasteiger partial charge in [0.15, 0.2) is 5.76 Å². The van der Waals surface area contributed by atoms with Crippen LogP contribution in [0.15, 0.2) is 10.5 Å². The highest BCUT2D eigenvalue weighted by atomic mass is 35.5. The van der Waals surface area contributed by atoms with Gasteiger partial charge in [-0.25, -0.2) is 0 Å². The smallest absolute Gasteiger partial charge is 0.287 e. The number of likely N-dealkylation sites (N-methyl/N-ethyl adjacent to an activating group) is 1. The number of amides is 2. The molecule has 2 amide bonds. The summed E-state index contributed by atoms with van der Waals surface area (Å²) in [5.41, 5.74) is 0.780. The molecule has 1 aromatic heterocycles. The molecule has 0 radical (unpaired) electrons. The van der Waals surface area contributed by atoms with Gasteiger partial charge in [0.25, 0.3) is 5.91 Å². The number of hydrogen-bond donors (Lipinski definition) is 1. The van der Waals surface area contributed by atoms with Gasteiger partial charge in [-0.05, 0) is 26.8 Å². The zero-order valence-electron chi connectivity index (χ0n) is 11.5. The van der Waals surface area contributed by atoms with E-state index in [0.717, 1.165) is 5.56 Å². The van der Waals surface area contributed by atoms with Crippen LogP contribution in [0.5, 0.6) is 0 Å². The predicted molar refractivity (Wildman–Crippen MR) is 73.3 cm³/mol. The number of furan rings is 1. The lowest BCUT2D eigenvalue weighted by Gasteiger charge is -2.18. The molecule has 6 heteroatoms. The number of halogens is 1. The van der Waals surface area contributed by atoms with Crippen LogP contribution >= 0.6 is 11.6 Å². The van der Waals surface area contributed by atoms with Crippen LogP contribution in [0.3, 0.4) is 0 Å². The Labute approximate surface area is 117 Å². The quantitative estimate of drug-likeness (QED) is 0.813. The maximum atomic E-state index is 11.8. The Morgan fingerprint density at radius 3 is 2.47 bits per heavy atom. The molecule has 0 aliphatic heterocycles. The summed E-state index contributed by atoms with van der Waals surface area (Å²) in [5, 5.41) is 2.55. The van der Waals surface area contributed by atoms with Crippen molar-refractivity contribution in [2.75, 3.05) is 19.6 Å². The normalized spacial score (nSPS) is 10.3. The maximum Gasteiger partial charge on any atom is 0.287 e. The summed E-state index contributed by atoms with van der Waals surface area (Å²) in [6.07, 6.45) is 0. The summed E-state index contributed by atoms with van der Waals surface area (Å²) in [4.78, 5) is 25.2. The lowest BCUT2D eigenvalue weighted by Crippen LogP contribution is -2.39. The van der Waals surface area contributed by atoms with Gasteiger partial charge in [0.2, 0.25) is 5.91 Å². The van der Waals surface area contributed by atoms with E-state index in [2.05, 4.69) is 5.32 Å². The number of carbonyl (C=O) groups is 2. The third-order valence-corrected chi connectivity index (χ3v) is 3.19. The minimum Gasteiger partial charge on any atom is -0.456 e. The molecule has 0 unspecified atom stereocenters. The van der Waals surface area contributed by atoms with Crippen LogP contribution < -0.4 is 5.32 Å². The molecule has 106 valence electrons. The topological polar surface area (TPSA) is 62.6 Å². The van der Waals surface area contributed by atoms with Crippen molar-refractivity contribution in [2.24, 2.45) is 0 Å². The van der Waals surface area contributed by atoms with E-state index in [1.165, 1.54) is 0 Å². The van der Waals surface area contributed by atoms with E-state index in [1.807, 2.05) is 13.8 Å². The molecule has 0 fully saturated rings. The van der Waals surface area contributed by atoms with Crippen LogP contribution in [0.4, 0.5) is 0 Å². The molecule has 0 aromatic carbocycles. The first-order valence-electron chi connectivity index (χ1n) is 6.24. The summed E-state index contributed by atoms with van der Waals surface area (Å²) >= 11 is 5.70. The fourth-order valence-corrected chi connectivity index (χ4v) is 1.96. The molecule has 1 N–H and O–H groups in total. The van der Waals surface area contributed by atoms with Crippen LogP contribution in [0.1, 0.15) is 35.7 Å². The van der Waals surface area contributed by atoms with E-state index >= 15 is 0 Å². The van der Waals surface area contributed by atoms with Crippen LogP contribution in [0.2, 0.25) is 0 Å². The molecule has 0 aliphatic rings. The van der Waals surface area contributed by atoms with Crippen molar-refractivity contribution in [3.8, 4) is 0 Å². The van der Waals surface area contributed by atoms with Gasteiger partial charge in [0.05, 0.1) is 12.4 Å². The van der Waals surface area contributed by atoms with Crippen molar-refractivity contribution in [3.63, 3.8) is 0 Å². The van der Waals surface area contributed by atoms with Gasteiger partial charge in [-0.15, -0.1) is 11.6 Å². The number of nitrogens with one attached hydrogen (secondary N) is 1. The highest BCUT2D eigenvalue weighted by Gasteiger charge is 2.16. The third-order valence-electron chi connectivity index (χ3n) is 2.90. The average molecular weight is 287 g/mol. The number of hydrogen-bond acceptors (Lipinski definition) is 3. The third kappa shape index (κ3) is 3.99. The largest absolute Gasteiger partial charge is 0.456 e. The fraction of sp³-hybridized carbons (Fsp3) is 0.538. The Bertz CT molecular complexity index is 453. The minimum absolute atomic E-state index is 0.0313. The molecular formula is C13H19ClN2O3. The van der Waals surface area contributed by atoms with Crippen LogP contribution in [-0.2, 0) is 10.7 Å². The van der Waals surface area contributed by atoms with Gasteiger partial charge >= 0.3 is 0 Å². The van der Waals surface area contributed by atoms with Crippen molar-refractivity contribution >= 4 is 23.4 Å². The zero-order valence-corrected chi connectivity index (χ0v) is 12.2. The molecule has 0 atom stereocenters. The van der Waals surface area contributed by atoms with E-state index in [4.69, 9.17) is 16.0 Å². The van der Waals surface area contributed by atoms with Crippen LogP contribution in [-0.4, -0.2) is 36.3 Å². The molecule has 1 heterocycles. The molecule has 0 spiro atoms. The monoisotopic (exact) mass is 286 g/mol. The van der Waals surface area contributed by atoms with Gasteiger partial charge in [-0.1, -0.05) is 0 Å². The molecular weight excluding hydrogens is 268 g/mol. The van der Waals surface area contributed by atoms with E-state index < -0.39 is 5.91 Å². The van der Waals surface area contributed by atoms with E-state index in [-0.39, 0.29) is 18.2 Å². The maximum absolute atomic E-state index is 11.8. The van der Waals surface area contributed by atoms with E-state index in [0.29, 0.717) is 24.7 Å². The molecule has 5 nitrogen and oxygen atoms in total. The molecule has 0 aliphatic carbocycles. The van der Waals surface area contributed by atoms with Crippen molar-refractivity contribution in [1.82, 2.24) is 10.2 Å². The van der Waals surface area contributed by atoms with Crippen molar-refractivity contribution in [3.05, 3.63) is 23.2 Å². The summed E-state index contributed by atoms with van der Waals surface area (Å²) in [7, 11) is 0. The Balaban J connectivity index is 2.57. The minimum atomic E-state index is -0.403. The number of aryl methyl sites for hydroxylation is 1. The second-order valence-corrected chi connectivity index (χ2v) is 4.34. The second-order valence-electron chi connectivity index (χ2n) is 4.07. The van der Waals surface area contributed by atoms with Crippen LogP contribution in [0.25, 0.3) is 0 Å². The highest BCUT2D eigenvalue weighted by molar-refractivity contribution is 6.17. The zero-order chi connectivity index (χ0) is 14.4. The highest BCUT2D eigenvalue weighted by Crippen LogP contribution is 2.16. The van der Waals surface area contributed by atoms with Crippen molar-refractivity contribution in [1.29, 1.82) is 0 Å². The van der Waals surface area contributed by atoms with Gasteiger partial charge in [0.1, 0.15) is 5.76 Å². The number of rotatable bonds is 6. The Hall–Kier alpha value is -1.49. The number of carbonyl (C=O) groups excluding carboxylic acids is 2. The number of nitrogens with zero attached hydrogens (tertiary/aromatic N) is 1. The first-order chi connectivity index (χ1) is 9.03. The van der Waals surface area contributed by atoms with Gasteiger partial charge in [-0.2, -0.15) is 0 Å². The van der Waals surface area contributed by atoms with E-state index in [9.17, 15) is 9.59 Å². The van der Waals surface area contributed by atoms with Crippen molar-refractivity contribution in [2.45, 2.75) is 26.7 Å². The molecule has 0 saturated heterocycles. The number of alkyl halides is 1. The Morgan fingerprint density at radius 1 is 1.37 bits per heavy atom. The Morgan fingerprint density at radius 2 is 2.00 bits per heavy atom. The van der Waals surface area contributed by atoms with Gasteiger partial charge in [0, 0.05) is 18.7 Å². The summed E-state index contributed by atoms with van der Waals surface area (Å²) in [6, 6.07) is 1.60. The standard InChI is InChI=1S/C13H19ClN2O3/c1-4-16(5-2)12(17)8-15-13(18)11-6-10(7-14)9(3)19-11/h6H,4-5,7-8H2,1-3H3,(H,15,18). The fourth-order valence-electron chi connectivity index (χ4n) is 1.70.